The molecule has 12 heteroatoms. The SMILES string of the molecule is COc1nc(O[C@H]2CCc3c(-c4cccc(C(=O)Nc5ccc(CN6CCC(O)C6)cn5)c4Cl)cccc32)c(Cl)cc1CN1CCC(O)C1. The lowest BCUT2D eigenvalue weighted by Crippen LogP contribution is -2.22. The largest absolute Gasteiger partial charge is 0.481 e. The Kier molecular flexibility index (Phi) is 10.0. The number of benzene rings is 2. The molecular weight excluding hydrogens is 665 g/mol. The van der Waals surface area contributed by atoms with E-state index in [1.165, 1.54) is 0 Å². The Labute approximate surface area is 295 Å². The number of nitrogens with zero attached hydrogens (tertiary/aromatic N) is 4. The topological polar surface area (TPSA) is 120 Å². The first-order valence-corrected chi connectivity index (χ1v) is 17.4. The van der Waals surface area contributed by atoms with Gasteiger partial charge in [0.15, 0.2) is 0 Å². The zero-order chi connectivity index (χ0) is 34.1. The standard InChI is InChI=1S/C37H39Cl2N5O5/c1-48-36-23(19-44-15-13-25(46)21-44)16-31(38)37(42-36)49-32-10-9-27-26(4-2-5-28(27)32)29-6-3-7-30(34(29)39)35(47)41-33-11-8-22(17-40-33)18-43-14-12-24(45)20-43/h2-8,11,16-17,24-25,32,45-46H,9-10,12-15,18-21H2,1H3,(H,40,41,47)/t24?,25?,32-/m0/s1. The van der Waals surface area contributed by atoms with E-state index in [1.807, 2.05) is 42.5 Å². The smallest absolute Gasteiger partial charge is 0.258 e. The molecule has 4 aromatic rings. The van der Waals surface area contributed by atoms with Crippen molar-refractivity contribution >= 4 is 34.9 Å². The number of hydrogen-bond donors (Lipinski definition) is 3. The third kappa shape index (κ3) is 7.40. The van der Waals surface area contributed by atoms with Crippen molar-refractivity contribution in [2.24, 2.45) is 0 Å². The van der Waals surface area contributed by atoms with E-state index in [0.29, 0.717) is 59.4 Å². The van der Waals surface area contributed by atoms with Crippen LogP contribution in [0.4, 0.5) is 5.82 Å². The van der Waals surface area contributed by atoms with Crippen LogP contribution >= 0.6 is 23.2 Å². The molecule has 3 atom stereocenters. The number of fused-ring (bicyclic) bond motifs is 1. The fourth-order valence-electron chi connectivity index (χ4n) is 7.09. The number of aromatic nitrogens is 2. The first-order chi connectivity index (χ1) is 23.7. The highest BCUT2D eigenvalue weighted by molar-refractivity contribution is 6.37. The fraction of sp³-hybridized carbons (Fsp3) is 0.378. The summed E-state index contributed by atoms with van der Waals surface area (Å²) in [4.78, 5) is 26.8. The number of carbonyl (C=O) groups excluding carboxylic acids is 1. The fourth-order valence-corrected chi connectivity index (χ4v) is 7.63. The number of ether oxygens (including phenoxy) is 2. The highest BCUT2D eigenvalue weighted by atomic mass is 35.5. The van der Waals surface area contributed by atoms with E-state index in [1.54, 1.807) is 25.4 Å². The number of aliphatic hydroxyl groups excluding tert-OH is 2. The molecule has 2 aromatic carbocycles. The summed E-state index contributed by atoms with van der Waals surface area (Å²) in [6.07, 6.45) is 3.88. The van der Waals surface area contributed by atoms with Gasteiger partial charge in [-0.3, -0.25) is 14.6 Å². The number of amides is 1. The van der Waals surface area contributed by atoms with E-state index in [4.69, 9.17) is 32.7 Å². The average molecular weight is 705 g/mol. The Morgan fingerprint density at radius 1 is 0.939 bits per heavy atom. The third-order valence-electron chi connectivity index (χ3n) is 9.54. The van der Waals surface area contributed by atoms with Crippen LogP contribution in [0.2, 0.25) is 10.0 Å². The highest BCUT2D eigenvalue weighted by Crippen LogP contribution is 2.43. The van der Waals surface area contributed by atoms with E-state index in [9.17, 15) is 15.0 Å². The van der Waals surface area contributed by atoms with Crippen LogP contribution in [0.5, 0.6) is 11.8 Å². The Balaban J connectivity index is 1.06. The molecule has 4 heterocycles. The van der Waals surface area contributed by atoms with Gasteiger partial charge >= 0.3 is 0 Å². The van der Waals surface area contributed by atoms with Gasteiger partial charge in [0.2, 0.25) is 11.8 Å². The first-order valence-electron chi connectivity index (χ1n) is 16.6. The van der Waals surface area contributed by atoms with E-state index in [2.05, 4.69) is 25.1 Å². The molecule has 0 saturated carbocycles. The molecule has 1 amide bonds. The van der Waals surface area contributed by atoms with Crippen molar-refractivity contribution in [1.82, 2.24) is 19.8 Å². The molecule has 2 fully saturated rings. The maximum absolute atomic E-state index is 13.4. The van der Waals surface area contributed by atoms with Gasteiger partial charge in [0.05, 0.1) is 29.9 Å². The molecule has 0 radical (unpaired) electrons. The van der Waals surface area contributed by atoms with Gasteiger partial charge in [0.25, 0.3) is 5.91 Å². The van der Waals surface area contributed by atoms with Gasteiger partial charge in [0.1, 0.15) is 16.9 Å². The summed E-state index contributed by atoms with van der Waals surface area (Å²) in [6, 6.07) is 17.0. The molecule has 10 nitrogen and oxygen atoms in total. The van der Waals surface area contributed by atoms with Crippen molar-refractivity contribution in [3.8, 4) is 22.9 Å². The molecule has 3 aliphatic rings. The number of pyridine rings is 2. The van der Waals surface area contributed by atoms with Crippen LogP contribution in [-0.2, 0) is 19.5 Å². The second kappa shape index (κ2) is 14.6. The summed E-state index contributed by atoms with van der Waals surface area (Å²) < 4.78 is 12.0. The number of hydrogen-bond acceptors (Lipinski definition) is 9. The van der Waals surface area contributed by atoms with Crippen LogP contribution in [0.1, 0.15) is 58.0 Å². The van der Waals surface area contributed by atoms with Crippen LogP contribution in [0.3, 0.4) is 0 Å². The molecule has 2 aromatic heterocycles. The molecule has 256 valence electrons. The van der Waals surface area contributed by atoms with Crippen molar-refractivity contribution in [3.63, 3.8) is 0 Å². The van der Waals surface area contributed by atoms with Crippen molar-refractivity contribution in [2.75, 3.05) is 38.6 Å². The van der Waals surface area contributed by atoms with Gasteiger partial charge in [0, 0.05) is 56.6 Å². The quantitative estimate of drug-likeness (QED) is 0.185. The second-order valence-corrected chi connectivity index (χ2v) is 13.8. The Morgan fingerprint density at radius 2 is 1.67 bits per heavy atom. The van der Waals surface area contributed by atoms with Gasteiger partial charge in [-0.15, -0.1) is 0 Å². The number of nitrogens with one attached hydrogen (secondary N) is 1. The number of likely N-dealkylation sites (tertiary alicyclic amines) is 2. The molecule has 7 rings (SSSR count). The van der Waals surface area contributed by atoms with E-state index in [-0.39, 0.29) is 24.2 Å². The maximum atomic E-state index is 13.4. The van der Waals surface area contributed by atoms with Crippen LogP contribution in [-0.4, -0.2) is 81.4 Å². The Hall–Kier alpha value is -3.77. The minimum absolute atomic E-state index is 0.273. The summed E-state index contributed by atoms with van der Waals surface area (Å²) in [5.41, 5.74) is 6.03. The number of methoxy groups -OCH3 is 1. The molecular formula is C37H39Cl2N5O5. The van der Waals surface area contributed by atoms with E-state index in [0.717, 1.165) is 72.2 Å². The first kappa shape index (κ1) is 33.7. The summed E-state index contributed by atoms with van der Waals surface area (Å²) >= 11 is 13.6. The van der Waals surface area contributed by atoms with Gasteiger partial charge in [-0.05, 0) is 66.1 Å². The summed E-state index contributed by atoms with van der Waals surface area (Å²) in [5, 5.41) is 23.4. The lowest BCUT2D eigenvalue weighted by molar-refractivity contribution is 0.102. The summed E-state index contributed by atoms with van der Waals surface area (Å²) in [7, 11) is 1.58. The predicted molar refractivity (Wildman–Crippen MR) is 188 cm³/mol. The van der Waals surface area contributed by atoms with Gasteiger partial charge < -0.3 is 25.0 Å². The number of anilines is 1. The molecule has 0 bridgehead atoms. The highest BCUT2D eigenvalue weighted by Gasteiger charge is 2.30. The molecule has 2 unspecified atom stereocenters. The maximum Gasteiger partial charge on any atom is 0.258 e. The number of aliphatic hydroxyl groups is 2. The van der Waals surface area contributed by atoms with Gasteiger partial charge in [-0.2, -0.15) is 4.98 Å². The molecule has 2 aliphatic heterocycles. The lowest BCUT2D eigenvalue weighted by atomic mass is 9.95. The molecule has 2 saturated heterocycles. The molecule has 1 aliphatic carbocycles. The van der Waals surface area contributed by atoms with Crippen LogP contribution in [0, 0.1) is 0 Å². The predicted octanol–water partition coefficient (Wildman–Crippen LogP) is 5.91. The summed E-state index contributed by atoms with van der Waals surface area (Å²) in [6.45, 7) is 4.20. The number of rotatable bonds is 10. The van der Waals surface area contributed by atoms with Crippen molar-refractivity contribution in [1.29, 1.82) is 0 Å². The molecule has 0 spiro atoms. The minimum Gasteiger partial charge on any atom is -0.481 e. The summed E-state index contributed by atoms with van der Waals surface area (Å²) in [5.74, 6) is 0.843. The molecule has 49 heavy (non-hydrogen) atoms. The van der Waals surface area contributed by atoms with Crippen molar-refractivity contribution in [2.45, 2.75) is 57.1 Å². The van der Waals surface area contributed by atoms with E-state index >= 15 is 0 Å². The monoisotopic (exact) mass is 703 g/mol. The number of halogens is 2. The minimum atomic E-state index is -0.345. The van der Waals surface area contributed by atoms with Gasteiger partial charge in [-0.25, -0.2) is 4.98 Å². The van der Waals surface area contributed by atoms with Crippen molar-refractivity contribution < 1.29 is 24.5 Å². The average Bonchev–Trinajstić information content (AvgIpc) is 3.82. The van der Waals surface area contributed by atoms with Gasteiger partial charge in [-0.1, -0.05) is 59.6 Å². The Bertz CT molecular complexity index is 1840. The Morgan fingerprint density at radius 3 is 2.37 bits per heavy atom. The normalized spacial score (nSPS) is 20.8. The zero-order valence-electron chi connectivity index (χ0n) is 27.2. The van der Waals surface area contributed by atoms with Crippen LogP contribution in [0.25, 0.3) is 11.1 Å². The van der Waals surface area contributed by atoms with E-state index < -0.39 is 0 Å². The number of carbonyl (C=O) groups is 1. The second-order valence-electron chi connectivity index (χ2n) is 13.0. The van der Waals surface area contributed by atoms with Crippen molar-refractivity contribution in [3.05, 3.63) is 98.7 Å². The van der Waals surface area contributed by atoms with Crippen LogP contribution < -0.4 is 14.8 Å². The third-order valence-corrected chi connectivity index (χ3v) is 10.2. The number of β-amino-alcohol motifs (C(OH)–C–C–N with tert-alkyl or cyclic N) is 2. The van der Waals surface area contributed by atoms with Crippen LogP contribution in [0.15, 0.2) is 60.8 Å². The lowest BCUT2D eigenvalue weighted by Gasteiger charge is -2.20. The molecule has 3 N–H and O–H groups in total. The zero-order valence-corrected chi connectivity index (χ0v) is 28.8.